The monoisotopic (exact) mass is 265 g/mol. The van der Waals surface area contributed by atoms with Gasteiger partial charge in [0.25, 0.3) is 0 Å². The van der Waals surface area contributed by atoms with Gasteiger partial charge in [-0.25, -0.2) is 4.98 Å². The molecule has 1 aromatic heterocycles. The summed E-state index contributed by atoms with van der Waals surface area (Å²) in [5.74, 6) is 0.535. The van der Waals surface area contributed by atoms with Gasteiger partial charge in [-0.2, -0.15) is 0 Å². The average Bonchev–Trinajstić information content (AvgIpc) is 2.47. The highest BCUT2D eigenvalue weighted by Gasteiger charge is 2.06. The Bertz CT molecular complexity index is 786. The van der Waals surface area contributed by atoms with Crippen molar-refractivity contribution in [1.82, 2.24) is 4.98 Å². The molecule has 0 radical (unpaired) electrons. The molecule has 0 amide bonds. The Morgan fingerprint density at radius 3 is 2.55 bits per heavy atom. The van der Waals surface area contributed by atoms with Crippen molar-refractivity contribution in [2.24, 2.45) is 10.2 Å². The minimum absolute atomic E-state index is 0.0429. The summed E-state index contributed by atoms with van der Waals surface area (Å²) in [6.45, 7) is 0. The van der Waals surface area contributed by atoms with Gasteiger partial charge in [-0.3, -0.25) is 0 Å². The first-order chi connectivity index (χ1) is 9.74. The van der Waals surface area contributed by atoms with Gasteiger partial charge in [0, 0.05) is 11.6 Å². The fourth-order valence-corrected chi connectivity index (χ4v) is 1.88. The highest BCUT2D eigenvalue weighted by Crippen LogP contribution is 2.35. The van der Waals surface area contributed by atoms with E-state index in [0.717, 1.165) is 5.39 Å². The Balaban J connectivity index is 2.04. The molecule has 0 saturated carbocycles. The summed E-state index contributed by atoms with van der Waals surface area (Å²) in [6.07, 6.45) is 1.62. The van der Waals surface area contributed by atoms with Crippen LogP contribution in [0.2, 0.25) is 0 Å². The van der Waals surface area contributed by atoms with E-state index in [9.17, 15) is 10.2 Å². The van der Waals surface area contributed by atoms with Gasteiger partial charge >= 0.3 is 0 Å². The smallest absolute Gasteiger partial charge is 0.174 e. The molecule has 2 aromatic carbocycles. The SMILES string of the molecule is Oc1cc2c(O)cccc2cc1N=Nc1ccccn1. The molecule has 5 nitrogen and oxygen atoms in total. The van der Waals surface area contributed by atoms with E-state index >= 15 is 0 Å². The highest BCUT2D eigenvalue weighted by atomic mass is 16.3. The third-order valence-electron chi connectivity index (χ3n) is 2.86. The summed E-state index contributed by atoms with van der Waals surface area (Å²) in [7, 11) is 0. The Labute approximate surface area is 114 Å². The fourth-order valence-electron chi connectivity index (χ4n) is 1.88. The summed E-state index contributed by atoms with van der Waals surface area (Å²) in [5.41, 5.74) is 0.328. The van der Waals surface area contributed by atoms with Crippen molar-refractivity contribution < 1.29 is 10.2 Å². The van der Waals surface area contributed by atoms with E-state index in [1.165, 1.54) is 6.07 Å². The number of azo groups is 1. The van der Waals surface area contributed by atoms with Crippen LogP contribution in [0.3, 0.4) is 0 Å². The highest BCUT2D eigenvalue weighted by molar-refractivity contribution is 5.92. The van der Waals surface area contributed by atoms with Crippen molar-refractivity contribution in [3.8, 4) is 11.5 Å². The number of nitrogens with zero attached hydrogens (tertiary/aromatic N) is 3. The van der Waals surface area contributed by atoms with Crippen molar-refractivity contribution in [1.29, 1.82) is 0 Å². The molecular weight excluding hydrogens is 254 g/mol. The number of aromatic nitrogens is 1. The number of fused-ring (bicyclic) bond motifs is 1. The molecule has 3 rings (SSSR count). The Morgan fingerprint density at radius 2 is 1.75 bits per heavy atom. The van der Waals surface area contributed by atoms with E-state index < -0.39 is 0 Å². The van der Waals surface area contributed by atoms with Crippen LogP contribution < -0.4 is 0 Å². The van der Waals surface area contributed by atoms with Crippen molar-refractivity contribution in [3.63, 3.8) is 0 Å². The van der Waals surface area contributed by atoms with Crippen LogP contribution in [0.5, 0.6) is 11.5 Å². The topological polar surface area (TPSA) is 78.1 Å². The Kier molecular flexibility index (Phi) is 3.01. The van der Waals surface area contributed by atoms with Crippen LogP contribution in [0.15, 0.2) is 65.0 Å². The van der Waals surface area contributed by atoms with Crippen LogP contribution in [-0.4, -0.2) is 15.2 Å². The number of aromatic hydroxyl groups is 2. The van der Waals surface area contributed by atoms with Gasteiger partial charge in [0.2, 0.25) is 0 Å². The number of benzene rings is 2. The van der Waals surface area contributed by atoms with Crippen molar-refractivity contribution in [2.75, 3.05) is 0 Å². The predicted molar refractivity (Wildman–Crippen MR) is 75.7 cm³/mol. The molecular formula is C15H11N3O2. The molecule has 0 aliphatic heterocycles. The average molecular weight is 265 g/mol. The Morgan fingerprint density at radius 1 is 0.850 bits per heavy atom. The molecule has 0 atom stereocenters. The van der Waals surface area contributed by atoms with Crippen molar-refractivity contribution >= 4 is 22.3 Å². The first kappa shape index (κ1) is 12.1. The standard InChI is InChI=1S/C15H11N3O2/c19-13-5-3-4-10-8-12(14(20)9-11(10)13)17-18-15-6-1-2-7-16-15/h1-9,19-20H. The molecule has 3 aromatic rings. The van der Waals surface area contributed by atoms with E-state index in [1.807, 2.05) is 6.07 Å². The molecule has 2 N–H and O–H groups in total. The summed E-state index contributed by atoms with van der Waals surface area (Å²) < 4.78 is 0. The zero-order valence-electron chi connectivity index (χ0n) is 10.4. The minimum atomic E-state index is -0.0429. The van der Waals surface area contributed by atoms with Crippen LogP contribution in [0.25, 0.3) is 10.8 Å². The molecule has 0 aliphatic rings. The molecule has 0 saturated heterocycles. The maximum absolute atomic E-state index is 9.93. The number of phenolic OH excluding ortho intramolecular Hbond substituents is 2. The molecule has 20 heavy (non-hydrogen) atoms. The largest absolute Gasteiger partial charge is 0.507 e. The second kappa shape index (κ2) is 4.97. The first-order valence-electron chi connectivity index (χ1n) is 6.01. The number of pyridine rings is 1. The third-order valence-corrected chi connectivity index (χ3v) is 2.86. The van der Waals surface area contributed by atoms with Gasteiger partial charge in [-0.1, -0.05) is 18.2 Å². The van der Waals surface area contributed by atoms with Gasteiger partial charge in [-0.05, 0) is 35.7 Å². The second-order valence-corrected chi connectivity index (χ2v) is 4.23. The van der Waals surface area contributed by atoms with E-state index in [2.05, 4.69) is 15.2 Å². The van der Waals surface area contributed by atoms with Crippen LogP contribution in [-0.2, 0) is 0 Å². The lowest BCUT2D eigenvalue weighted by atomic mass is 10.1. The van der Waals surface area contributed by atoms with E-state index in [1.54, 1.807) is 42.6 Å². The second-order valence-electron chi connectivity index (χ2n) is 4.23. The lowest BCUT2D eigenvalue weighted by molar-refractivity contribution is 0.472. The van der Waals surface area contributed by atoms with Gasteiger partial charge in [-0.15, -0.1) is 10.2 Å². The number of phenols is 2. The molecule has 0 unspecified atom stereocenters. The van der Waals surface area contributed by atoms with Crippen LogP contribution in [0, 0.1) is 0 Å². The molecule has 0 fully saturated rings. The fraction of sp³-hybridized carbons (Fsp3) is 0. The van der Waals surface area contributed by atoms with Crippen LogP contribution in [0.1, 0.15) is 0 Å². The van der Waals surface area contributed by atoms with Crippen LogP contribution in [0.4, 0.5) is 11.5 Å². The summed E-state index contributed by atoms with van der Waals surface area (Å²) in [4.78, 5) is 4.02. The molecule has 0 aliphatic carbocycles. The normalized spacial score (nSPS) is 11.2. The van der Waals surface area contributed by atoms with E-state index in [4.69, 9.17) is 0 Å². The Hall–Kier alpha value is -2.95. The van der Waals surface area contributed by atoms with Gasteiger partial charge < -0.3 is 10.2 Å². The van der Waals surface area contributed by atoms with Gasteiger partial charge in [0.1, 0.15) is 17.2 Å². The first-order valence-corrected chi connectivity index (χ1v) is 6.01. The van der Waals surface area contributed by atoms with E-state index in [0.29, 0.717) is 16.9 Å². The number of hydrogen-bond acceptors (Lipinski definition) is 5. The maximum Gasteiger partial charge on any atom is 0.174 e. The van der Waals surface area contributed by atoms with E-state index in [-0.39, 0.29) is 11.5 Å². The molecule has 0 bridgehead atoms. The van der Waals surface area contributed by atoms with Crippen molar-refractivity contribution in [2.45, 2.75) is 0 Å². The third kappa shape index (κ3) is 2.29. The summed E-state index contributed by atoms with van der Waals surface area (Å²) in [5, 5.41) is 28.9. The zero-order chi connectivity index (χ0) is 13.9. The summed E-state index contributed by atoms with van der Waals surface area (Å²) >= 11 is 0. The molecule has 98 valence electrons. The zero-order valence-corrected chi connectivity index (χ0v) is 10.4. The minimum Gasteiger partial charge on any atom is -0.507 e. The lowest BCUT2D eigenvalue weighted by Crippen LogP contribution is -1.76. The quantitative estimate of drug-likeness (QED) is 0.686. The van der Waals surface area contributed by atoms with Gasteiger partial charge in [0.15, 0.2) is 5.82 Å². The maximum atomic E-state index is 9.93. The lowest BCUT2D eigenvalue weighted by Gasteiger charge is -2.03. The number of hydrogen-bond donors (Lipinski definition) is 2. The van der Waals surface area contributed by atoms with Gasteiger partial charge in [0.05, 0.1) is 0 Å². The van der Waals surface area contributed by atoms with Crippen molar-refractivity contribution in [3.05, 3.63) is 54.7 Å². The predicted octanol–water partition coefficient (Wildman–Crippen LogP) is 4.06. The van der Waals surface area contributed by atoms with Crippen LogP contribution >= 0.6 is 0 Å². The number of rotatable bonds is 2. The molecule has 0 spiro atoms. The molecule has 5 heteroatoms. The molecule has 1 heterocycles. The summed E-state index contributed by atoms with van der Waals surface area (Å²) in [6, 6.07) is 13.6.